The number of likely N-dealkylation sites (tertiary alicyclic amines) is 1. The molecule has 0 unspecified atom stereocenters. The minimum Gasteiger partial charge on any atom is -0.473 e. The molecule has 8 nitrogen and oxygen atoms in total. The topological polar surface area (TPSA) is 116 Å². The van der Waals surface area contributed by atoms with E-state index in [2.05, 4.69) is 5.32 Å². The number of hydrogen-bond acceptors (Lipinski definition) is 5. The van der Waals surface area contributed by atoms with Gasteiger partial charge < -0.3 is 25.2 Å². The number of rotatable bonds is 0. The Hall–Kier alpha value is -1.83. The second-order valence-electron chi connectivity index (χ2n) is 7.33. The lowest BCUT2D eigenvalue weighted by Crippen LogP contribution is -2.48. The Kier molecular flexibility index (Phi) is 7.01. The number of aliphatic carboxylic acids is 2. The molecular weight excluding hydrogens is 316 g/mol. The summed E-state index contributed by atoms with van der Waals surface area (Å²) in [5.41, 5.74) is 0.102. The van der Waals surface area contributed by atoms with E-state index in [1.165, 1.54) is 12.8 Å². The summed E-state index contributed by atoms with van der Waals surface area (Å²) in [6, 6.07) is 0. The monoisotopic (exact) mass is 344 g/mol. The zero-order valence-electron chi connectivity index (χ0n) is 14.6. The van der Waals surface area contributed by atoms with Crippen LogP contribution in [0.5, 0.6) is 0 Å². The fourth-order valence-electron chi connectivity index (χ4n) is 2.95. The molecule has 0 radical (unpaired) electrons. The third-order valence-electron chi connectivity index (χ3n) is 4.32. The first-order valence-corrected chi connectivity index (χ1v) is 8.20. The molecule has 2 saturated heterocycles. The number of carboxylic acids is 2. The summed E-state index contributed by atoms with van der Waals surface area (Å²) in [5.74, 6) is -3.65. The largest absolute Gasteiger partial charge is 0.473 e. The lowest BCUT2D eigenvalue weighted by atomic mass is 9.72. The smallest absolute Gasteiger partial charge is 0.414 e. The van der Waals surface area contributed by atoms with Crippen molar-refractivity contribution in [3.63, 3.8) is 0 Å². The Balaban J connectivity index is 0.000000413. The van der Waals surface area contributed by atoms with Crippen LogP contribution in [0.1, 0.15) is 46.5 Å². The number of amides is 1. The second kappa shape index (κ2) is 8.32. The van der Waals surface area contributed by atoms with Crippen LogP contribution in [-0.4, -0.2) is 64.9 Å². The highest BCUT2D eigenvalue weighted by atomic mass is 16.6. The Morgan fingerprint density at radius 1 is 0.958 bits per heavy atom. The van der Waals surface area contributed by atoms with Crippen LogP contribution in [0, 0.1) is 5.41 Å². The van der Waals surface area contributed by atoms with Crippen molar-refractivity contribution in [2.75, 3.05) is 26.2 Å². The Morgan fingerprint density at radius 3 is 1.79 bits per heavy atom. The summed E-state index contributed by atoms with van der Waals surface area (Å²) in [4.78, 5) is 32.0. The van der Waals surface area contributed by atoms with E-state index >= 15 is 0 Å². The molecule has 3 N–H and O–H groups in total. The maximum absolute atomic E-state index is 12.0. The average Bonchev–Trinajstić information content (AvgIpc) is 2.47. The van der Waals surface area contributed by atoms with Crippen LogP contribution in [-0.2, 0) is 14.3 Å². The zero-order valence-corrected chi connectivity index (χ0v) is 14.6. The maximum Gasteiger partial charge on any atom is 0.414 e. The van der Waals surface area contributed by atoms with E-state index in [9.17, 15) is 4.79 Å². The van der Waals surface area contributed by atoms with Gasteiger partial charge >= 0.3 is 18.0 Å². The predicted octanol–water partition coefficient (Wildman–Crippen LogP) is 1.54. The van der Waals surface area contributed by atoms with Gasteiger partial charge in [0.1, 0.15) is 5.60 Å². The molecule has 2 aliphatic rings. The van der Waals surface area contributed by atoms with Gasteiger partial charge in [0.15, 0.2) is 0 Å². The summed E-state index contributed by atoms with van der Waals surface area (Å²) in [5, 5.41) is 18.2. The van der Waals surface area contributed by atoms with Crippen molar-refractivity contribution in [3.05, 3.63) is 0 Å². The van der Waals surface area contributed by atoms with E-state index in [1.54, 1.807) is 0 Å². The molecule has 0 bridgehead atoms. The first kappa shape index (κ1) is 20.2. The molecule has 2 heterocycles. The van der Waals surface area contributed by atoms with Gasteiger partial charge in [-0.3, -0.25) is 0 Å². The number of carboxylic acid groups (broad SMARTS) is 2. The van der Waals surface area contributed by atoms with Crippen LogP contribution < -0.4 is 5.32 Å². The fraction of sp³-hybridized carbons (Fsp3) is 0.812. The van der Waals surface area contributed by atoms with E-state index in [4.69, 9.17) is 24.5 Å². The summed E-state index contributed by atoms with van der Waals surface area (Å²) >= 11 is 0. The van der Waals surface area contributed by atoms with Crippen molar-refractivity contribution in [1.29, 1.82) is 0 Å². The van der Waals surface area contributed by atoms with Crippen molar-refractivity contribution < 1.29 is 29.3 Å². The highest BCUT2D eigenvalue weighted by Crippen LogP contribution is 2.39. The Labute approximate surface area is 142 Å². The summed E-state index contributed by atoms with van der Waals surface area (Å²) < 4.78 is 5.43. The van der Waals surface area contributed by atoms with Crippen LogP contribution in [0.15, 0.2) is 0 Å². The standard InChI is InChI=1S/C14H26N2O2.C2H2O4/c1-13(2,3)18-12(17)16-10-6-14(7-11-16)4-8-15-9-5-14;3-1(4)2(5)6/h15H,4-11H2,1-3H3;(H,3,4)(H,5,6). The highest BCUT2D eigenvalue weighted by molar-refractivity contribution is 6.27. The van der Waals surface area contributed by atoms with Crippen molar-refractivity contribution in [2.24, 2.45) is 5.41 Å². The zero-order chi connectivity index (χ0) is 18.4. The van der Waals surface area contributed by atoms with Gasteiger partial charge in [-0.2, -0.15) is 0 Å². The number of hydrogen-bond donors (Lipinski definition) is 3. The normalized spacial score (nSPS) is 19.9. The van der Waals surface area contributed by atoms with Gasteiger partial charge in [-0.25, -0.2) is 14.4 Å². The van der Waals surface area contributed by atoms with Gasteiger partial charge in [0.05, 0.1) is 0 Å². The van der Waals surface area contributed by atoms with Crippen molar-refractivity contribution in [3.8, 4) is 0 Å². The third-order valence-corrected chi connectivity index (χ3v) is 4.32. The molecule has 0 aromatic heterocycles. The van der Waals surface area contributed by atoms with E-state index in [0.717, 1.165) is 39.0 Å². The van der Waals surface area contributed by atoms with Crippen molar-refractivity contribution in [2.45, 2.75) is 52.1 Å². The van der Waals surface area contributed by atoms with E-state index in [-0.39, 0.29) is 11.7 Å². The van der Waals surface area contributed by atoms with Crippen LogP contribution in [0.4, 0.5) is 4.79 Å². The molecule has 0 aliphatic carbocycles. The maximum atomic E-state index is 12.0. The van der Waals surface area contributed by atoms with E-state index in [1.807, 2.05) is 25.7 Å². The average molecular weight is 344 g/mol. The Morgan fingerprint density at radius 2 is 1.42 bits per heavy atom. The lowest BCUT2D eigenvalue weighted by molar-refractivity contribution is -0.159. The molecule has 1 spiro atoms. The molecule has 0 aromatic carbocycles. The molecule has 2 fully saturated rings. The molecule has 0 saturated carbocycles. The molecule has 2 aliphatic heterocycles. The molecule has 138 valence electrons. The quantitative estimate of drug-likeness (QED) is 0.571. The number of piperidine rings is 2. The SMILES string of the molecule is CC(C)(C)OC(=O)N1CCC2(CCNCC2)CC1.O=C(O)C(=O)O. The summed E-state index contributed by atoms with van der Waals surface area (Å²) in [7, 11) is 0. The Bertz CT molecular complexity index is 444. The van der Waals surface area contributed by atoms with E-state index in [0.29, 0.717) is 5.41 Å². The molecule has 0 atom stereocenters. The number of carbonyl (C=O) groups is 3. The molecular formula is C16H28N2O6. The van der Waals surface area contributed by atoms with Gasteiger partial charge in [0.25, 0.3) is 0 Å². The fourth-order valence-corrected chi connectivity index (χ4v) is 2.95. The minimum atomic E-state index is -1.82. The molecule has 2 rings (SSSR count). The highest BCUT2D eigenvalue weighted by Gasteiger charge is 2.37. The molecule has 8 heteroatoms. The number of nitrogens with zero attached hydrogens (tertiary/aromatic N) is 1. The van der Waals surface area contributed by atoms with Crippen molar-refractivity contribution >= 4 is 18.0 Å². The second-order valence-corrected chi connectivity index (χ2v) is 7.33. The van der Waals surface area contributed by atoms with Crippen LogP contribution >= 0.6 is 0 Å². The van der Waals surface area contributed by atoms with Crippen LogP contribution in [0.25, 0.3) is 0 Å². The van der Waals surface area contributed by atoms with Gasteiger partial charge in [-0.15, -0.1) is 0 Å². The predicted molar refractivity (Wildman–Crippen MR) is 86.8 cm³/mol. The lowest BCUT2D eigenvalue weighted by Gasteiger charge is -2.44. The van der Waals surface area contributed by atoms with Gasteiger partial charge in [0.2, 0.25) is 0 Å². The summed E-state index contributed by atoms with van der Waals surface area (Å²) in [6.07, 6.45) is 4.64. The third kappa shape index (κ3) is 6.74. The molecule has 0 aromatic rings. The van der Waals surface area contributed by atoms with Gasteiger partial charge in [-0.05, 0) is 65.0 Å². The van der Waals surface area contributed by atoms with Gasteiger partial charge in [-0.1, -0.05) is 0 Å². The number of carbonyl (C=O) groups excluding carboxylic acids is 1. The van der Waals surface area contributed by atoms with Gasteiger partial charge in [0, 0.05) is 13.1 Å². The first-order chi connectivity index (χ1) is 11.0. The van der Waals surface area contributed by atoms with Crippen molar-refractivity contribution in [1.82, 2.24) is 10.2 Å². The first-order valence-electron chi connectivity index (χ1n) is 8.20. The summed E-state index contributed by atoms with van der Waals surface area (Å²) in [6.45, 7) is 9.73. The van der Waals surface area contributed by atoms with Crippen LogP contribution in [0.3, 0.4) is 0 Å². The van der Waals surface area contributed by atoms with Crippen LogP contribution in [0.2, 0.25) is 0 Å². The number of ether oxygens (including phenoxy) is 1. The minimum absolute atomic E-state index is 0.147. The van der Waals surface area contributed by atoms with E-state index < -0.39 is 11.9 Å². The number of nitrogens with one attached hydrogen (secondary N) is 1. The molecule has 1 amide bonds. The molecule has 24 heavy (non-hydrogen) atoms.